The highest BCUT2D eigenvalue weighted by Crippen LogP contribution is 1.96. The number of para-hydroxylation sites is 1. The van der Waals surface area contributed by atoms with Crippen molar-refractivity contribution in [3.63, 3.8) is 0 Å². The summed E-state index contributed by atoms with van der Waals surface area (Å²) in [5, 5.41) is 4.53. The maximum absolute atomic E-state index is 9.67. The average molecular weight is 315 g/mol. The van der Waals surface area contributed by atoms with Crippen LogP contribution in [0.2, 0.25) is 0 Å². The molecule has 0 saturated carbocycles. The number of nitrogens with zero attached hydrogens (tertiary/aromatic N) is 4. The lowest BCUT2D eigenvalue weighted by Gasteiger charge is -1.86. The van der Waals surface area contributed by atoms with Gasteiger partial charge in [-0.2, -0.15) is 0 Å². The number of pyridine rings is 1. The maximum Gasteiger partial charge on any atom is 0.762 e. The molecule has 4 nitrogen and oxygen atoms in total. The van der Waals surface area contributed by atoms with Gasteiger partial charge < -0.3 is 4.70 Å². The highest BCUT2D eigenvalue weighted by atomic mass is 19.4. The van der Waals surface area contributed by atoms with E-state index < -0.39 is 7.54 Å². The van der Waals surface area contributed by atoms with Crippen LogP contribution in [0.1, 0.15) is 7.43 Å². The zero-order valence-electron chi connectivity index (χ0n) is 11.1. The Morgan fingerprint density at radius 2 is 1.55 bits per heavy atom. The van der Waals surface area contributed by atoms with Gasteiger partial charge in [-0.15, -0.1) is 0 Å². The molecule has 118 valence electrons. The predicted molar refractivity (Wildman–Crippen MR) is 73.7 cm³/mol. The Morgan fingerprint density at radius 1 is 1.00 bits per heavy atom. The maximum atomic E-state index is 9.67. The fourth-order valence-electron chi connectivity index (χ4n) is 1.79. The number of fused-ring (bicyclic) bond motifs is 1. The van der Waals surface area contributed by atoms with Gasteiger partial charge in [0, 0.05) is 24.3 Å². The Morgan fingerprint density at radius 3 is 2.09 bits per heavy atom. The molecule has 2 aromatic heterocycles. The normalized spacial score (nSPS) is 9.09. The van der Waals surface area contributed by atoms with Crippen LogP contribution in [0.4, 0.5) is 12.9 Å². The molecule has 0 aliphatic carbocycles. The molecule has 0 spiro atoms. The molecule has 3 rings (SSSR count). The number of benzene rings is 1. The SMILES string of the molecule is C.Cn1[n+](-c2ccccc2)nc2cccc[n+]21.FB(F)F.[F-]. The van der Waals surface area contributed by atoms with Crippen LogP contribution in [0.15, 0.2) is 54.7 Å². The lowest BCUT2D eigenvalue weighted by molar-refractivity contribution is -0.842. The van der Waals surface area contributed by atoms with Crippen LogP contribution in [-0.4, -0.2) is 17.4 Å². The number of tetrazole rings is 1. The van der Waals surface area contributed by atoms with Crippen molar-refractivity contribution in [2.24, 2.45) is 7.05 Å². The summed E-state index contributed by atoms with van der Waals surface area (Å²) in [4.78, 5) is 3.83. The van der Waals surface area contributed by atoms with Crippen LogP contribution in [0, 0.1) is 0 Å². The summed E-state index contributed by atoms with van der Waals surface area (Å²) in [6, 6.07) is 16.0. The minimum Gasteiger partial charge on any atom is -1.00 e. The van der Waals surface area contributed by atoms with Gasteiger partial charge in [-0.05, 0) is 10.6 Å². The van der Waals surface area contributed by atoms with Gasteiger partial charge in [0.05, 0.1) is 9.59 Å². The highest BCUT2D eigenvalue weighted by Gasteiger charge is 2.23. The molecule has 3 aromatic rings. The molecule has 0 bridgehead atoms. The summed E-state index contributed by atoms with van der Waals surface area (Å²) >= 11 is 0. The summed E-state index contributed by atoms with van der Waals surface area (Å²) in [5.41, 5.74) is 1.97. The number of rotatable bonds is 1. The first-order valence-electron chi connectivity index (χ1n) is 5.83. The summed E-state index contributed by atoms with van der Waals surface area (Å²) < 4.78 is 31.0. The van der Waals surface area contributed by atoms with E-state index in [0.717, 1.165) is 11.3 Å². The van der Waals surface area contributed by atoms with Crippen molar-refractivity contribution < 1.29 is 27.0 Å². The predicted octanol–water partition coefficient (Wildman–Crippen LogP) is -1.04. The van der Waals surface area contributed by atoms with Gasteiger partial charge in [-0.1, -0.05) is 25.6 Å². The summed E-state index contributed by atoms with van der Waals surface area (Å²) in [6.07, 6.45) is 1.99. The van der Waals surface area contributed by atoms with Gasteiger partial charge in [0.25, 0.3) is 5.69 Å². The first kappa shape index (κ1) is 19.6. The van der Waals surface area contributed by atoms with Crippen LogP contribution in [0.25, 0.3) is 11.3 Å². The molecular weight excluding hydrogens is 299 g/mol. The number of hydrogen-bond acceptors (Lipinski definition) is 1. The van der Waals surface area contributed by atoms with E-state index in [1.807, 2.05) is 75.9 Å². The van der Waals surface area contributed by atoms with Crippen molar-refractivity contribution in [2.75, 3.05) is 0 Å². The third kappa shape index (κ3) is 4.54. The molecule has 22 heavy (non-hydrogen) atoms. The topological polar surface area (TPSA) is 25.8 Å². The largest absolute Gasteiger partial charge is 1.00 e. The quantitative estimate of drug-likeness (QED) is 0.320. The van der Waals surface area contributed by atoms with E-state index in [0.29, 0.717) is 0 Å². The second-order valence-corrected chi connectivity index (χ2v) is 3.87. The van der Waals surface area contributed by atoms with Crippen LogP contribution < -0.4 is 14.0 Å². The molecular formula is C13H16BF4N4+. The molecule has 0 aliphatic rings. The van der Waals surface area contributed by atoms with Crippen molar-refractivity contribution in [2.45, 2.75) is 7.43 Å². The summed E-state index contributed by atoms with van der Waals surface area (Å²) in [7, 11) is -1.69. The number of hydrogen-bond donors (Lipinski definition) is 0. The van der Waals surface area contributed by atoms with E-state index >= 15 is 0 Å². The Balaban J connectivity index is 0.000000665. The molecule has 0 N–H and O–H groups in total. The standard InChI is InChI=1S/C12H12N4.CH4.BF3.FH/c1-14-15-10-6-5-9-12(15)13-16(14)11-7-3-2-4-8-11;;2-1(3)4;/h2-10H,1H3;1H4;;1H/q+2;;;/p-1. The molecule has 0 saturated heterocycles. The van der Waals surface area contributed by atoms with Gasteiger partial charge in [0.15, 0.2) is 0 Å². The second-order valence-electron chi connectivity index (χ2n) is 3.87. The lowest BCUT2D eigenvalue weighted by Crippen LogP contribution is -3.00. The Labute approximate surface area is 126 Å². The van der Waals surface area contributed by atoms with E-state index in [2.05, 4.69) is 5.10 Å². The van der Waals surface area contributed by atoms with Gasteiger partial charge in [0.1, 0.15) is 12.1 Å². The number of halogens is 4. The molecule has 2 heterocycles. The van der Waals surface area contributed by atoms with Crippen molar-refractivity contribution >= 4 is 13.2 Å². The van der Waals surface area contributed by atoms with Crippen molar-refractivity contribution in [3.05, 3.63) is 54.7 Å². The first-order chi connectivity index (χ1) is 9.59. The van der Waals surface area contributed by atoms with Crippen molar-refractivity contribution in [3.8, 4) is 5.69 Å². The van der Waals surface area contributed by atoms with Gasteiger partial charge >= 0.3 is 13.2 Å². The van der Waals surface area contributed by atoms with Crippen LogP contribution >= 0.6 is 0 Å². The van der Waals surface area contributed by atoms with Crippen molar-refractivity contribution in [1.29, 1.82) is 0 Å². The third-order valence-electron chi connectivity index (χ3n) is 2.59. The smallest absolute Gasteiger partial charge is 0.762 e. The van der Waals surface area contributed by atoms with Crippen LogP contribution in [0.3, 0.4) is 0 Å². The second kappa shape index (κ2) is 8.76. The van der Waals surface area contributed by atoms with Crippen LogP contribution in [-0.2, 0) is 7.05 Å². The number of aromatic nitrogens is 4. The number of aryl methyl sites for hydroxylation is 1. The molecule has 0 radical (unpaired) electrons. The Kier molecular flexibility index (Phi) is 7.78. The molecule has 0 atom stereocenters. The molecule has 0 amide bonds. The van der Waals surface area contributed by atoms with Crippen molar-refractivity contribution in [1.82, 2.24) is 9.90 Å². The third-order valence-corrected chi connectivity index (χ3v) is 2.59. The molecule has 1 aromatic carbocycles. The summed E-state index contributed by atoms with van der Waals surface area (Å²) in [5.74, 6) is 0. The van der Waals surface area contributed by atoms with E-state index in [4.69, 9.17) is 0 Å². The van der Waals surface area contributed by atoms with Gasteiger partial charge in [-0.3, -0.25) is 12.9 Å². The Hall–Kier alpha value is -2.45. The Bertz CT molecular complexity index is 688. The molecule has 0 fully saturated rings. The van der Waals surface area contributed by atoms with Crippen LogP contribution in [0.5, 0.6) is 0 Å². The average Bonchev–Trinajstić information content (AvgIpc) is 2.77. The zero-order chi connectivity index (χ0) is 14.5. The van der Waals surface area contributed by atoms with Gasteiger partial charge in [-0.25, -0.2) is 0 Å². The van der Waals surface area contributed by atoms with E-state index in [-0.39, 0.29) is 12.1 Å². The molecule has 0 aliphatic heterocycles. The monoisotopic (exact) mass is 315 g/mol. The van der Waals surface area contributed by atoms with Gasteiger partial charge in [0.2, 0.25) is 6.20 Å². The fourth-order valence-corrected chi connectivity index (χ4v) is 1.79. The van der Waals surface area contributed by atoms with E-state index in [1.165, 1.54) is 0 Å². The molecule has 9 heteroatoms. The highest BCUT2D eigenvalue weighted by molar-refractivity contribution is 6.33. The molecule has 0 unspecified atom stereocenters. The lowest BCUT2D eigenvalue weighted by atomic mass is 10.3. The zero-order valence-corrected chi connectivity index (χ0v) is 11.1. The van der Waals surface area contributed by atoms with E-state index in [1.54, 1.807) is 0 Å². The summed E-state index contributed by atoms with van der Waals surface area (Å²) in [6.45, 7) is 0. The van der Waals surface area contributed by atoms with E-state index in [9.17, 15) is 12.9 Å². The fraction of sp³-hybridized carbons (Fsp3) is 0.154. The minimum atomic E-state index is -3.67. The minimum absolute atomic E-state index is 0. The first-order valence-corrected chi connectivity index (χ1v) is 5.83.